The molecule has 0 fully saturated rings. The zero-order chi connectivity index (χ0) is 10.7. The lowest BCUT2D eigenvalue weighted by Crippen LogP contribution is -1.99. The molecule has 2 heteroatoms. The van der Waals surface area contributed by atoms with E-state index in [4.69, 9.17) is 0 Å². The van der Waals surface area contributed by atoms with Gasteiger partial charge in [0.2, 0.25) is 0 Å². The lowest BCUT2D eigenvalue weighted by Gasteiger charge is -2.08. The smallest absolute Gasteiger partial charge is 0.163 e. The van der Waals surface area contributed by atoms with Crippen molar-refractivity contribution in [3.05, 3.63) is 33.8 Å². The summed E-state index contributed by atoms with van der Waals surface area (Å²) in [5.74, 6) is 0.684. The maximum atomic E-state index is 11.5. The molecule has 0 unspecified atom stereocenters. The van der Waals surface area contributed by atoms with Gasteiger partial charge in [-0.1, -0.05) is 42.8 Å². The van der Waals surface area contributed by atoms with Gasteiger partial charge in [0.1, 0.15) is 0 Å². The van der Waals surface area contributed by atoms with Gasteiger partial charge in [0.15, 0.2) is 5.78 Å². The predicted octanol–water partition coefficient (Wildman–Crippen LogP) is 4.17. The molecule has 76 valence electrons. The molecule has 0 bridgehead atoms. The van der Waals surface area contributed by atoms with Crippen LogP contribution < -0.4 is 0 Å². The maximum absolute atomic E-state index is 11.5. The summed E-state index contributed by atoms with van der Waals surface area (Å²) in [6.45, 7) is 6.16. The monoisotopic (exact) mass is 254 g/mol. The fourth-order valence-corrected chi connectivity index (χ4v) is 1.92. The van der Waals surface area contributed by atoms with Crippen molar-refractivity contribution in [3.63, 3.8) is 0 Å². The highest BCUT2D eigenvalue weighted by Crippen LogP contribution is 2.24. The zero-order valence-electron chi connectivity index (χ0n) is 8.80. The molecule has 0 aliphatic heterocycles. The normalized spacial score (nSPS) is 10.6. The molecular weight excluding hydrogens is 240 g/mol. The number of carbonyl (C=O) groups excluding carboxylic acids is 1. The molecule has 0 heterocycles. The van der Waals surface area contributed by atoms with Crippen molar-refractivity contribution in [2.75, 3.05) is 0 Å². The van der Waals surface area contributed by atoms with Crippen LogP contribution in [-0.2, 0) is 0 Å². The predicted molar refractivity (Wildman–Crippen MR) is 62.9 cm³/mol. The summed E-state index contributed by atoms with van der Waals surface area (Å²) in [7, 11) is 0. The molecule has 0 aliphatic rings. The Morgan fingerprint density at radius 3 is 2.50 bits per heavy atom. The Balaban J connectivity index is 3.07. The quantitative estimate of drug-likeness (QED) is 0.741. The Morgan fingerprint density at radius 1 is 1.43 bits per heavy atom. The van der Waals surface area contributed by atoms with E-state index in [1.807, 2.05) is 25.1 Å². The topological polar surface area (TPSA) is 17.1 Å². The molecular formula is C12H15BrO. The summed E-state index contributed by atoms with van der Waals surface area (Å²) >= 11 is 3.44. The van der Waals surface area contributed by atoms with Crippen molar-refractivity contribution in [1.29, 1.82) is 0 Å². The average Bonchev–Trinajstić information content (AvgIpc) is 2.16. The summed E-state index contributed by atoms with van der Waals surface area (Å²) in [5.41, 5.74) is 2.04. The van der Waals surface area contributed by atoms with Crippen LogP contribution in [0.5, 0.6) is 0 Å². The first kappa shape index (κ1) is 11.4. The number of halogens is 1. The van der Waals surface area contributed by atoms with Crippen molar-refractivity contribution in [3.8, 4) is 0 Å². The van der Waals surface area contributed by atoms with Gasteiger partial charge in [-0.25, -0.2) is 0 Å². The van der Waals surface area contributed by atoms with E-state index in [0.29, 0.717) is 12.3 Å². The largest absolute Gasteiger partial charge is 0.294 e. The molecule has 0 aliphatic carbocycles. The van der Waals surface area contributed by atoms with Crippen LogP contribution in [-0.4, -0.2) is 5.78 Å². The maximum Gasteiger partial charge on any atom is 0.163 e. The Bertz CT molecular complexity index is 342. The van der Waals surface area contributed by atoms with Crippen LogP contribution in [0.15, 0.2) is 22.7 Å². The molecule has 0 amide bonds. The van der Waals surface area contributed by atoms with Crippen molar-refractivity contribution in [2.45, 2.75) is 33.1 Å². The molecule has 0 atom stereocenters. The number of ketones is 1. The highest BCUT2D eigenvalue weighted by atomic mass is 79.9. The van der Waals surface area contributed by atoms with Gasteiger partial charge in [0.25, 0.3) is 0 Å². The summed E-state index contributed by atoms with van der Waals surface area (Å²) in [6, 6.07) is 5.97. The second kappa shape index (κ2) is 4.74. The van der Waals surface area contributed by atoms with E-state index in [1.54, 1.807) is 0 Å². The van der Waals surface area contributed by atoms with Crippen LogP contribution in [0.2, 0.25) is 0 Å². The fourth-order valence-electron chi connectivity index (χ4n) is 1.31. The Kier molecular flexibility index (Phi) is 3.87. The summed E-state index contributed by atoms with van der Waals surface area (Å²) in [4.78, 5) is 11.5. The van der Waals surface area contributed by atoms with E-state index >= 15 is 0 Å². The molecule has 0 saturated carbocycles. The van der Waals surface area contributed by atoms with E-state index < -0.39 is 0 Å². The average molecular weight is 255 g/mol. The first-order valence-corrected chi connectivity index (χ1v) is 5.68. The first-order valence-electron chi connectivity index (χ1n) is 4.89. The van der Waals surface area contributed by atoms with Crippen LogP contribution in [0.25, 0.3) is 0 Å². The number of hydrogen-bond acceptors (Lipinski definition) is 1. The minimum atomic E-state index is 0.187. The number of rotatable bonds is 3. The minimum absolute atomic E-state index is 0.187. The summed E-state index contributed by atoms with van der Waals surface area (Å²) in [5, 5.41) is 0. The molecule has 0 aromatic heterocycles. The molecule has 0 radical (unpaired) electrons. The van der Waals surface area contributed by atoms with Crippen LogP contribution in [0.1, 0.15) is 49.0 Å². The lowest BCUT2D eigenvalue weighted by molar-refractivity contribution is 0.0987. The van der Waals surface area contributed by atoms with Crippen LogP contribution >= 0.6 is 15.9 Å². The SMILES string of the molecule is CCC(=O)c1ccc(C(C)C)cc1Br. The molecule has 0 spiro atoms. The van der Waals surface area contributed by atoms with E-state index in [0.717, 1.165) is 10.0 Å². The second-order valence-electron chi connectivity index (χ2n) is 3.67. The van der Waals surface area contributed by atoms with Crippen molar-refractivity contribution in [1.82, 2.24) is 0 Å². The van der Waals surface area contributed by atoms with Gasteiger partial charge in [-0.15, -0.1) is 0 Å². The third-order valence-corrected chi connectivity index (χ3v) is 2.94. The Hall–Kier alpha value is -0.630. The van der Waals surface area contributed by atoms with Crippen molar-refractivity contribution >= 4 is 21.7 Å². The third-order valence-electron chi connectivity index (χ3n) is 2.28. The van der Waals surface area contributed by atoms with E-state index in [2.05, 4.69) is 29.8 Å². The van der Waals surface area contributed by atoms with E-state index in [9.17, 15) is 4.79 Å². The van der Waals surface area contributed by atoms with Gasteiger partial charge in [-0.3, -0.25) is 4.79 Å². The van der Waals surface area contributed by atoms with Crippen LogP contribution in [0.3, 0.4) is 0 Å². The van der Waals surface area contributed by atoms with Gasteiger partial charge >= 0.3 is 0 Å². The highest BCUT2D eigenvalue weighted by Gasteiger charge is 2.09. The number of hydrogen-bond donors (Lipinski definition) is 0. The highest BCUT2D eigenvalue weighted by molar-refractivity contribution is 9.10. The molecule has 14 heavy (non-hydrogen) atoms. The van der Waals surface area contributed by atoms with Crippen LogP contribution in [0.4, 0.5) is 0 Å². The molecule has 1 rings (SSSR count). The van der Waals surface area contributed by atoms with Gasteiger partial charge in [0, 0.05) is 16.5 Å². The fraction of sp³-hybridized carbons (Fsp3) is 0.417. The molecule has 0 N–H and O–H groups in total. The molecule has 0 saturated heterocycles. The minimum Gasteiger partial charge on any atom is -0.294 e. The summed E-state index contributed by atoms with van der Waals surface area (Å²) < 4.78 is 0.913. The first-order chi connectivity index (χ1) is 6.56. The van der Waals surface area contributed by atoms with Gasteiger partial charge < -0.3 is 0 Å². The summed E-state index contributed by atoms with van der Waals surface area (Å²) in [6.07, 6.45) is 0.555. The van der Waals surface area contributed by atoms with Gasteiger partial charge in [0.05, 0.1) is 0 Å². The van der Waals surface area contributed by atoms with E-state index in [-0.39, 0.29) is 5.78 Å². The molecule has 1 aromatic rings. The number of carbonyl (C=O) groups is 1. The Morgan fingerprint density at radius 2 is 2.07 bits per heavy atom. The van der Waals surface area contributed by atoms with Crippen molar-refractivity contribution in [2.24, 2.45) is 0 Å². The lowest BCUT2D eigenvalue weighted by atomic mass is 10.00. The third kappa shape index (κ3) is 2.44. The van der Waals surface area contributed by atoms with Gasteiger partial charge in [-0.05, 0) is 23.6 Å². The van der Waals surface area contributed by atoms with Crippen LogP contribution in [0, 0.1) is 0 Å². The number of Topliss-reactive ketones (excluding diaryl/α,β-unsaturated/α-hetero) is 1. The zero-order valence-corrected chi connectivity index (χ0v) is 10.4. The standard InChI is InChI=1S/C12H15BrO/c1-4-12(14)10-6-5-9(8(2)3)7-11(10)13/h5-8H,4H2,1-3H3. The second-order valence-corrected chi connectivity index (χ2v) is 4.53. The molecule has 1 aromatic carbocycles. The van der Waals surface area contributed by atoms with Gasteiger partial charge in [-0.2, -0.15) is 0 Å². The van der Waals surface area contributed by atoms with Crippen molar-refractivity contribution < 1.29 is 4.79 Å². The molecule has 1 nitrogen and oxygen atoms in total. The Labute approximate surface area is 93.7 Å². The van der Waals surface area contributed by atoms with E-state index in [1.165, 1.54) is 5.56 Å². The number of benzene rings is 1.